The molecule has 1 aliphatic heterocycles. The molecule has 1 heterocycles. The van der Waals surface area contributed by atoms with E-state index >= 15 is 0 Å². The summed E-state index contributed by atoms with van der Waals surface area (Å²) in [6.07, 6.45) is 35.1. The highest BCUT2D eigenvalue weighted by molar-refractivity contribution is 4.96. The van der Waals surface area contributed by atoms with E-state index < -0.39 is 0 Å². The maximum absolute atomic E-state index is 2.66. The zero-order valence-corrected chi connectivity index (χ0v) is 21.9. The van der Waals surface area contributed by atoms with Crippen molar-refractivity contribution in [3.63, 3.8) is 0 Å². The Morgan fingerprint density at radius 3 is 1.23 bits per heavy atom. The zero-order chi connectivity index (χ0) is 22.4. The summed E-state index contributed by atoms with van der Waals surface area (Å²) in [5.41, 5.74) is 0. The van der Waals surface area contributed by atoms with E-state index in [1.807, 2.05) is 0 Å². The van der Waals surface area contributed by atoms with E-state index in [-0.39, 0.29) is 0 Å². The van der Waals surface area contributed by atoms with Crippen molar-refractivity contribution in [2.75, 3.05) is 13.1 Å². The molecule has 0 fully saturated rings. The molecular formula is C29H58N2. The first-order chi connectivity index (χ1) is 15.3. The molecule has 0 aromatic heterocycles. The lowest BCUT2D eigenvalue weighted by molar-refractivity contribution is 0.136. The second-order valence-electron chi connectivity index (χ2n) is 10.1. The van der Waals surface area contributed by atoms with Crippen molar-refractivity contribution >= 4 is 0 Å². The molecule has 0 aromatic carbocycles. The van der Waals surface area contributed by atoms with Crippen LogP contribution in [0.3, 0.4) is 0 Å². The van der Waals surface area contributed by atoms with Gasteiger partial charge in [-0.2, -0.15) is 0 Å². The maximum Gasteiger partial charge on any atom is 0.101 e. The molecule has 1 aliphatic rings. The molecule has 1 rings (SSSR count). The number of hydrogen-bond donors (Lipinski definition) is 0. The summed E-state index contributed by atoms with van der Waals surface area (Å²) in [6, 6.07) is 0. The Kier molecular flexibility index (Phi) is 19.4. The van der Waals surface area contributed by atoms with Crippen molar-refractivity contribution in [2.45, 2.75) is 162 Å². The van der Waals surface area contributed by atoms with Crippen LogP contribution in [0.25, 0.3) is 0 Å². The van der Waals surface area contributed by atoms with Gasteiger partial charge in [0.05, 0.1) is 0 Å². The third-order valence-corrected chi connectivity index (χ3v) is 7.07. The first-order valence-corrected chi connectivity index (χ1v) is 14.5. The molecule has 184 valence electrons. The fourth-order valence-electron chi connectivity index (χ4n) is 4.92. The van der Waals surface area contributed by atoms with E-state index in [1.54, 1.807) is 0 Å². The van der Waals surface area contributed by atoms with Crippen molar-refractivity contribution in [3.8, 4) is 0 Å². The van der Waals surface area contributed by atoms with Gasteiger partial charge in [0, 0.05) is 25.5 Å². The Morgan fingerprint density at radius 1 is 0.419 bits per heavy atom. The van der Waals surface area contributed by atoms with Crippen molar-refractivity contribution in [3.05, 3.63) is 12.4 Å². The summed E-state index contributed by atoms with van der Waals surface area (Å²) in [6.45, 7) is 9.42. The van der Waals surface area contributed by atoms with Gasteiger partial charge in [0.2, 0.25) is 0 Å². The lowest BCUT2D eigenvalue weighted by Crippen LogP contribution is -2.39. The molecule has 0 bridgehead atoms. The van der Waals surface area contributed by atoms with Gasteiger partial charge in [-0.25, -0.2) is 0 Å². The Labute approximate surface area is 197 Å². The normalized spacial score (nSPS) is 16.0. The van der Waals surface area contributed by atoms with Gasteiger partial charge in [-0.1, -0.05) is 130 Å². The lowest BCUT2D eigenvalue weighted by atomic mass is 10.0. The SMILES string of the molecule is CCCCCCCCCCCCCCC1N(CCCC)C=CN1CCCCCCCC. The maximum atomic E-state index is 2.66. The average Bonchev–Trinajstić information content (AvgIpc) is 3.17. The van der Waals surface area contributed by atoms with Crippen LogP contribution in [0.4, 0.5) is 0 Å². The quantitative estimate of drug-likeness (QED) is 0.148. The van der Waals surface area contributed by atoms with E-state index in [0.717, 1.165) is 0 Å². The fraction of sp³-hybridized carbons (Fsp3) is 0.931. The van der Waals surface area contributed by atoms with Gasteiger partial charge in [-0.05, 0) is 25.7 Å². The van der Waals surface area contributed by atoms with Crippen LogP contribution in [0.15, 0.2) is 12.4 Å². The number of hydrogen-bond acceptors (Lipinski definition) is 2. The predicted molar refractivity (Wildman–Crippen MR) is 140 cm³/mol. The van der Waals surface area contributed by atoms with Gasteiger partial charge < -0.3 is 9.80 Å². The van der Waals surface area contributed by atoms with Crippen LogP contribution in [0.1, 0.15) is 156 Å². The minimum absolute atomic E-state index is 0.644. The Hall–Kier alpha value is -0.660. The molecule has 1 atom stereocenters. The highest BCUT2D eigenvalue weighted by atomic mass is 15.4. The average molecular weight is 435 g/mol. The van der Waals surface area contributed by atoms with Crippen LogP contribution in [0.5, 0.6) is 0 Å². The number of nitrogens with zero attached hydrogens (tertiary/aromatic N) is 2. The third kappa shape index (κ3) is 14.9. The molecule has 0 saturated carbocycles. The van der Waals surface area contributed by atoms with Gasteiger partial charge in [-0.3, -0.25) is 0 Å². The minimum Gasteiger partial charge on any atom is -0.356 e. The van der Waals surface area contributed by atoms with Crippen molar-refractivity contribution in [1.29, 1.82) is 0 Å². The van der Waals surface area contributed by atoms with Crippen LogP contribution in [0, 0.1) is 0 Å². The standard InChI is InChI=1S/C29H58N2/c1-4-7-10-12-14-15-16-17-18-19-20-22-24-29-30(25-9-6-3)27-28-31(29)26-23-21-13-11-8-5-2/h27-29H,4-26H2,1-3H3. The lowest BCUT2D eigenvalue weighted by Gasteiger charge is -2.33. The topological polar surface area (TPSA) is 6.48 Å². The first kappa shape index (κ1) is 28.4. The van der Waals surface area contributed by atoms with E-state index in [0.29, 0.717) is 6.17 Å². The number of rotatable bonds is 23. The van der Waals surface area contributed by atoms with Gasteiger partial charge >= 0.3 is 0 Å². The highest BCUT2D eigenvalue weighted by Crippen LogP contribution is 2.23. The largest absolute Gasteiger partial charge is 0.356 e. The Bertz CT molecular complexity index is 392. The van der Waals surface area contributed by atoms with Gasteiger partial charge in [0.1, 0.15) is 6.17 Å². The first-order valence-electron chi connectivity index (χ1n) is 14.5. The van der Waals surface area contributed by atoms with Crippen LogP contribution in [0.2, 0.25) is 0 Å². The van der Waals surface area contributed by atoms with Crippen LogP contribution in [-0.2, 0) is 0 Å². The molecule has 0 aliphatic carbocycles. The third-order valence-electron chi connectivity index (χ3n) is 7.07. The van der Waals surface area contributed by atoms with Gasteiger partial charge in [-0.15, -0.1) is 0 Å². The summed E-state index contributed by atoms with van der Waals surface area (Å²) in [7, 11) is 0. The second-order valence-corrected chi connectivity index (χ2v) is 10.1. The molecule has 2 heteroatoms. The summed E-state index contributed by atoms with van der Waals surface area (Å²) in [5.74, 6) is 0. The van der Waals surface area contributed by atoms with E-state index in [1.165, 1.54) is 148 Å². The molecule has 0 spiro atoms. The molecule has 0 saturated heterocycles. The Morgan fingerprint density at radius 2 is 0.774 bits per heavy atom. The van der Waals surface area contributed by atoms with Gasteiger partial charge in [0.15, 0.2) is 0 Å². The van der Waals surface area contributed by atoms with Crippen LogP contribution >= 0.6 is 0 Å². The van der Waals surface area contributed by atoms with Crippen LogP contribution < -0.4 is 0 Å². The van der Waals surface area contributed by atoms with Crippen molar-refractivity contribution < 1.29 is 0 Å². The molecular weight excluding hydrogens is 376 g/mol. The Balaban J connectivity index is 2.12. The molecule has 0 radical (unpaired) electrons. The highest BCUT2D eigenvalue weighted by Gasteiger charge is 2.24. The summed E-state index contributed by atoms with van der Waals surface area (Å²) in [4.78, 5) is 5.30. The van der Waals surface area contributed by atoms with Crippen molar-refractivity contribution in [1.82, 2.24) is 9.80 Å². The fourth-order valence-corrected chi connectivity index (χ4v) is 4.92. The summed E-state index contributed by atoms with van der Waals surface area (Å²) < 4.78 is 0. The molecule has 0 amide bonds. The molecule has 1 unspecified atom stereocenters. The second kappa shape index (κ2) is 21.2. The van der Waals surface area contributed by atoms with Gasteiger partial charge in [0.25, 0.3) is 0 Å². The van der Waals surface area contributed by atoms with Crippen molar-refractivity contribution in [2.24, 2.45) is 0 Å². The van der Waals surface area contributed by atoms with E-state index in [9.17, 15) is 0 Å². The molecule has 2 nitrogen and oxygen atoms in total. The number of unbranched alkanes of at least 4 members (excludes halogenated alkanes) is 17. The van der Waals surface area contributed by atoms with E-state index in [4.69, 9.17) is 0 Å². The zero-order valence-electron chi connectivity index (χ0n) is 21.9. The molecule has 31 heavy (non-hydrogen) atoms. The molecule has 0 aromatic rings. The smallest absolute Gasteiger partial charge is 0.101 e. The summed E-state index contributed by atoms with van der Waals surface area (Å²) in [5, 5.41) is 0. The minimum atomic E-state index is 0.644. The monoisotopic (exact) mass is 434 g/mol. The summed E-state index contributed by atoms with van der Waals surface area (Å²) >= 11 is 0. The molecule has 0 N–H and O–H groups in total. The predicted octanol–water partition coefficient (Wildman–Crippen LogP) is 9.65. The van der Waals surface area contributed by atoms with Crippen LogP contribution in [-0.4, -0.2) is 29.1 Å². The van der Waals surface area contributed by atoms with E-state index in [2.05, 4.69) is 43.0 Å².